The molecule has 1 unspecified atom stereocenters. The van der Waals surface area contributed by atoms with E-state index in [1.54, 1.807) is 0 Å². The molecule has 0 spiro atoms. The summed E-state index contributed by atoms with van der Waals surface area (Å²) in [5.74, 6) is 0.834. The minimum atomic E-state index is 0.582. The lowest BCUT2D eigenvalue weighted by atomic mass is 9.99. The van der Waals surface area contributed by atoms with Crippen molar-refractivity contribution < 1.29 is 4.74 Å². The molecule has 1 atom stereocenters. The van der Waals surface area contributed by atoms with Crippen molar-refractivity contribution in [3.8, 4) is 0 Å². The molecule has 1 N–H and O–H groups in total. The maximum atomic E-state index is 5.39. The second-order valence-electron chi connectivity index (χ2n) is 5.41. The van der Waals surface area contributed by atoms with Crippen molar-refractivity contribution in [2.75, 3.05) is 33.4 Å². The first-order valence-electron chi connectivity index (χ1n) is 6.61. The quantitative estimate of drug-likeness (QED) is 0.749. The van der Waals surface area contributed by atoms with Crippen LogP contribution in [-0.4, -0.2) is 50.3 Å². The fourth-order valence-electron chi connectivity index (χ4n) is 2.08. The Bertz CT molecular complexity index is 179. The third-order valence-corrected chi connectivity index (χ3v) is 3.46. The highest BCUT2D eigenvalue weighted by atomic mass is 16.5. The molecule has 1 fully saturated rings. The predicted octanol–water partition coefficient (Wildman–Crippen LogP) is 1.73. The van der Waals surface area contributed by atoms with E-state index >= 15 is 0 Å². The summed E-state index contributed by atoms with van der Waals surface area (Å²) in [5.41, 5.74) is 0. The molecule has 1 saturated heterocycles. The predicted molar refractivity (Wildman–Crippen MR) is 68.8 cm³/mol. The Labute approximate surface area is 101 Å². The molecule has 0 aliphatic carbocycles. The average molecular weight is 228 g/mol. The van der Waals surface area contributed by atoms with E-state index in [1.807, 2.05) is 0 Å². The molecule has 0 bridgehead atoms. The normalized spacial score (nSPS) is 20.6. The lowest BCUT2D eigenvalue weighted by Gasteiger charge is -2.31. The van der Waals surface area contributed by atoms with E-state index in [1.165, 1.54) is 19.4 Å². The van der Waals surface area contributed by atoms with Gasteiger partial charge in [-0.3, -0.25) is 0 Å². The van der Waals surface area contributed by atoms with E-state index in [2.05, 4.69) is 38.0 Å². The van der Waals surface area contributed by atoms with Gasteiger partial charge in [-0.2, -0.15) is 0 Å². The number of rotatable bonds is 6. The number of nitrogens with one attached hydrogen (secondary N) is 1. The van der Waals surface area contributed by atoms with Crippen LogP contribution in [0.1, 0.15) is 33.6 Å². The Morgan fingerprint density at radius 2 is 1.88 bits per heavy atom. The Hall–Kier alpha value is -0.120. The summed E-state index contributed by atoms with van der Waals surface area (Å²) >= 11 is 0. The van der Waals surface area contributed by atoms with Gasteiger partial charge < -0.3 is 15.0 Å². The van der Waals surface area contributed by atoms with E-state index in [0.717, 1.165) is 25.7 Å². The molecule has 0 aromatic carbocycles. The van der Waals surface area contributed by atoms with E-state index < -0.39 is 0 Å². The second-order valence-corrected chi connectivity index (χ2v) is 5.41. The van der Waals surface area contributed by atoms with Gasteiger partial charge in [-0.1, -0.05) is 13.8 Å². The molecule has 0 radical (unpaired) electrons. The van der Waals surface area contributed by atoms with Crippen LogP contribution >= 0.6 is 0 Å². The fraction of sp³-hybridized carbons (Fsp3) is 1.00. The lowest BCUT2D eigenvalue weighted by Crippen LogP contribution is -2.42. The van der Waals surface area contributed by atoms with Gasteiger partial charge in [0.15, 0.2) is 0 Å². The van der Waals surface area contributed by atoms with Crippen molar-refractivity contribution in [2.24, 2.45) is 5.92 Å². The SMILES string of the molecule is CC(C)NCC(C)N(C)CC1CCOCC1. The molecule has 1 aliphatic heterocycles. The molecule has 0 aromatic heterocycles. The van der Waals surface area contributed by atoms with Crippen molar-refractivity contribution in [1.82, 2.24) is 10.2 Å². The maximum absolute atomic E-state index is 5.39. The largest absolute Gasteiger partial charge is 0.381 e. The van der Waals surface area contributed by atoms with Gasteiger partial charge >= 0.3 is 0 Å². The molecular formula is C13H28N2O. The topological polar surface area (TPSA) is 24.5 Å². The number of nitrogens with zero attached hydrogens (tertiary/aromatic N) is 1. The molecule has 96 valence electrons. The molecule has 16 heavy (non-hydrogen) atoms. The van der Waals surface area contributed by atoms with Crippen LogP contribution in [0.2, 0.25) is 0 Å². The van der Waals surface area contributed by atoms with Crippen LogP contribution in [0.25, 0.3) is 0 Å². The van der Waals surface area contributed by atoms with Crippen molar-refractivity contribution in [2.45, 2.75) is 45.7 Å². The van der Waals surface area contributed by atoms with Gasteiger partial charge in [0.2, 0.25) is 0 Å². The molecule has 1 heterocycles. The van der Waals surface area contributed by atoms with Gasteiger partial charge in [-0.25, -0.2) is 0 Å². The molecule has 3 heteroatoms. The first-order valence-corrected chi connectivity index (χ1v) is 6.61. The fourth-order valence-corrected chi connectivity index (χ4v) is 2.08. The van der Waals surface area contributed by atoms with Crippen LogP contribution in [0.4, 0.5) is 0 Å². The average Bonchev–Trinajstić information content (AvgIpc) is 2.27. The zero-order valence-electron chi connectivity index (χ0n) is 11.3. The summed E-state index contributed by atoms with van der Waals surface area (Å²) in [4.78, 5) is 2.48. The van der Waals surface area contributed by atoms with Crippen LogP contribution < -0.4 is 5.32 Å². The van der Waals surface area contributed by atoms with Crippen LogP contribution in [0.5, 0.6) is 0 Å². The van der Waals surface area contributed by atoms with Gasteiger partial charge in [-0.05, 0) is 32.7 Å². The van der Waals surface area contributed by atoms with Gasteiger partial charge in [0.1, 0.15) is 0 Å². The summed E-state index contributed by atoms with van der Waals surface area (Å²) in [5, 5.41) is 3.50. The third kappa shape index (κ3) is 5.28. The highest BCUT2D eigenvalue weighted by Crippen LogP contribution is 2.16. The summed E-state index contributed by atoms with van der Waals surface area (Å²) in [6.07, 6.45) is 2.46. The number of hydrogen-bond acceptors (Lipinski definition) is 3. The molecule has 0 amide bonds. The van der Waals surface area contributed by atoms with Gasteiger partial charge in [-0.15, -0.1) is 0 Å². The van der Waals surface area contributed by atoms with E-state index in [9.17, 15) is 0 Å². The van der Waals surface area contributed by atoms with Gasteiger partial charge in [0, 0.05) is 38.4 Å². The smallest absolute Gasteiger partial charge is 0.0469 e. The van der Waals surface area contributed by atoms with Gasteiger partial charge in [0.25, 0.3) is 0 Å². The van der Waals surface area contributed by atoms with Crippen LogP contribution in [0, 0.1) is 5.92 Å². The zero-order valence-corrected chi connectivity index (χ0v) is 11.3. The second kappa shape index (κ2) is 7.25. The lowest BCUT2D eigenvalue weighted by molar-refractivity contribution is 0.0512. The highest BCUT2D eigenvalue weighted by molar-refractivity contribution is 4.73. The molecule has 0 saturated carbocycles. The van der Waals surface area contributed by atoms with Crippen molar-refractivity contribution >= 4 is 0 Å². The molecule has 0 aromatic rings. The Morgan fingerprint density at radius 3 is 2.44 bits per heavy atom. The monoisotopic (exact) mass is 228 g/mol. The first kappa shape index (κ1) is 13.9. The van der Waals surface area contributed by atoms with Crippen LogP contribution in [0.3, 0.4) is 0 Å². The highest BCUT2D eigenvalue weighted by Gasteiger charge is 2.18. The minimum Gasteiger partial charge on any atom is -0.381 e. The number of likely N-dealkylation sites (N-methyl/N-ethyl adjacent to an activating group) is 1. The summed E-state index contributed by atoms with van der Waals surface area (Å²) in [6, 6.07) is 1.20. The first-order chi connectivity index (χ1) is 7.59. The molecule has 1 rings (SSSR count). The van der Waals surface area contributed by atoms with Crippen LogP contribution in [-0.2, 0) is 4.74 Å². The zero-order chi connectivity index (χ0) is 12.0. The minimum absolute atomic E-state index is 0.582. The van der Waals surface area contributed by atoms with Crippen molar-refractivity contribution in [3.05, 3.63) is 0 Å². The maximum Gasteiger partial charge on any atom is 0.0469 e. The van der Waals surface area contributed by atoms with E-state index in [-0.39, 0.29) is 0 Å². The summed E-state index contributed by atoms with van der Waals surface area (Å²) < 4.78 is 5.39. The molecule has 1 aliphatic rings. The van der Waals surface area contributed by atoms with Crippen LogP contribution in [0.15, 0.2) is 0 Å². The Balaban J connectivity index is 2.19. The van der Waals surface area contributed by atoms with Gasteiger partial charge in [0.05, 0.1) is 0 Å². The molecular weight excluding hydrogens is 200 g/mol. The standard InChI is InChI=1S/C13H28N2O/c1-11(2)14-9-12(3)15(4)10-13-5-7-16-8-6-13/h11-14H,5-10H2,1-4H3. The van der Waals surface area contributed by atoms with Crippen molar-refractivity contribution in [3.63, 3.8) is 0 Å². The Kier molecular flexibility index (Phi) is 6.32. The summed E-state index contributed by atoms with van der Waals surface area (Å²) in [6.45, 7) is 10.9. The number of ether oxygens (including phenoxy) is 1. The Morgan fingerprint density at radius 1 is 1.25 bits per heavy atom. The van der Waals surface area contributed by atoms with E-state index in [4.69, 9.17) is 4.74 Å². The van der Waals surface area contributed by atoms with Crippen molar-refractivity contribution in [1.29, 1.82) is 0 Å². The third-order valence-electron chi connectivity index (χ3n) is 3.46. The summed E-state index contributed by atoms with van der Waals surface area (Å²) in [7, 11) is 2.24. The number of hydrogen-bond donors (Lipinski definition) is 1. The van der Waals surface area contributed by atoms with E-state index in [0.29, 0.717) is 12.1 Å². The molecule has 3 nitrogen and oxygen atoms in total.